The van der Waals surface area contributed by atoms with Gasteiger partial charge < -0.3 is 19.1 Å². The second-order valence-electron chi connectivity index (χ2n) is 4.10. The van der Waals surface area contributed by atoms with Crippen molar-refractivity contribution in [2.24, 2.45) is 0 Å². The number of methoxy groups -OCH3 is 1. The van der Waals surface area contributed by atoms with Crippen molar-refractivity contribution in [2.75, 3.05) is 13.7 Å². The van der Waals surface area contributed by atoms with Crippen LogP contribution in [0, 0.1) is 0 Å². The summed E-state index contributed by atoms with van der Waals surface area (Å²) in [4.78, 5) is 10.7. The fourth-order valence-electron chi connectivity index (χ4n) is 1.71. The molecule has 0 spiro atoms. The van der Waals surface area contributed by atoms with E-state index in [4.69, 9.17) is 19.1 Å². The average Bonchev–Trinajstić information content (AvgIpc) is 2.95. The van der Waals surface area contributed by atoms with Gasteiger partial charge in [0, 0.05) is 6.07 Å². The lowest BCUT2D eigenvalue weighted by Crippen LogP contribution is -1.95. The maximum absolute atomic E-state index is 10.7. The number of carboxylic acid groups (broad SMARTS) is 1. The van der Waals surface area contributed by atoms with E-state index in [-0.39, 0.29) is 5.69 Å². The summed E-state index contributed by atoms with van der Waals surface area (Å²) in [6.45, 7) is 2.43. The molecule has 1 aromatic carbocycles. The first-order chi connectivity index (χ1) is 10.1. The van der Waals surface area contributed by atoms with Gasteiger partial charge in [-0.2, -0.15) is 0 Å². The molecule has 6 heteroatoms. The molecule has 0 bridgehead atoms. The van der Waals surface area contributed by atoms with Crippen molar-refractivity contribution in [3.05, 3.63) is 41.3 Å². The predicted molar refractivity (Wildman–Crippen MR) is 76.6 cm³/mol. The van der Waals surface area contributed by atoms with Crippen LogP contribution in [-0.4, -0.2) is 29.9 Å². The molecular formula is C15H15NO5. The summed E-state index contributed by atoms with van der Waals surface area (Å²) >= 11 is 0. The largest absolute Gasteiger partial charge is 0.493 e. The van der Waals surface area contributed by atoms with E-state index in [2.05, 4.69) is 5.16 Å². The van der Waals surface area contributed by atoms with Crippen LogP contribution in [0.3, 0.4) is 0 Å². The molecular weight excluding hydrogens is 274 g/mol. The third-order valence-electron chi connectivity index (χ3n) is 2.68. The summed E-state index contributed by atoms with van der Waals surface area (Å²) in [7, 11) is 1.58. The molecule has 1 heterocycles. The summed E-state index contributed by atoms with van der Waals surface area (Å²) in [5.41, 5.74) is 0.743. The van der Waals surface area contributed by atoms with Gasteiger partial charge in [0.05, 0.1) is 13.7 Å². The number of carboxylic acids is 1. The molecule has 2 aromatic rings. The van der Waals surface area contributed by atoms with Gasteiger partial charge in [-0.25, -0.2) is 4.79 Å². The van der Waals surface area contributed by atoms with Crippen LogP contribution in [0.1, 0.15) is 28.7 Å². The molecule has 0 aliphatic carbocycles. The molecule has 2 rings (SSSR count). The maximum atomic E-state index is 10.7. The number of ether oxygens (including phenoxy) is 2. The van der Waals surface area contributed by atoms with Gasteiger partial charge in [0.15, 0.2) is 23.0 Å². The molecule has 0 aliphatic heterocycles. The van der Waals surface area contributed by atoms with Crippen molar-refractivity contribution in [3.63, 3.8) is 0 Å². The van der Waals surface area contributed by atoms with Crippen LogP contribution in [0.4, 0.5) is 0 Å². The van der Waals surface area contributed by atoms with Crippen molar-refractivity contribution in [2.45, 2.75) is 6.92 Å². The SMILES string of the molecule is CCOc1cc(/C=C/c2cc(C(=O)O)no2)ccc1OC. The first kappa shape index (κ1) is 14.6. The molecule has 0 unspecified atom stereocenters. The van der Waals surface area contributed by atoms with Crippen LogP contribution in [0.2, 0.25) is 0 Å². The number of carbonyl (C=O) groups is 1. The lowest BCUT2D eigenvalue weighted by atomic mass is 10.1. The lowest BCUT2D eigenvalue weighted by Gasteiger charge is -2.09. The van der Waals surface area contributed by atoms with Crippen molar-refractivity contribution >= 4 is 18.1 Å². The minimum absolute atomic E-state index is 0.126. The Morgan fingerprint density at radius 1 is 1.33 bits per heavy atom. The summed E-state index contributed by atoms with van der Waals surface area (Å²) in [6.07, 6.45) is 3.41. The highest BCUT2D eigenvalue weighted by atomic mass is 16.5. The molecule has 6 nitrogen and oxygen atoms in total. The molecule has 21 heavy (non-hydrogen) atoms. The van der Waals surface area contributed by atoms with E-state index < -0.39 is 5.97 Å². The predicted octanol–water partition coefficient (Wildman–Crippen LogP) is 2.95. The van der Waals surface area contributed by atoms with Gasteiger partial charge in [0.2, 0.25) is 0 Å². The minimum Gasteiger partial charge on any atom is -0.493 e. The number of hydrogen-bond acceptors (Lipinski definition) is 5. The highest BCUT2D eigenvalue weighted by molar-refractivity contribution is 5.86. The summed E-state index contributed by atoms with van der Waals surface area (Å²) in [5.74, 6) is 0.537. The zero-order valence-electron chi connectivity index (χ0n) is 11.7. The zero-order chi connectivity index (χ0) is 15.2. The first-order valence-electron chi connectivity index (χ1n) is 6.33. The third-order valence-corrected chi connectivity index (χ3v) is 2.68. The number of aromatic nitrogens is 1. The molecule has 0 saturated heterocycles. The topological polar surface area (TPSA) is 81.8 Å². The zero-order valence-corrected chi connectivity index (χ0v) is 11.7. The van der Waals surface area contributed by atoms with E-state index >= 15 is 0 Å². The Bertz CT molecular complexity index is 660. The Balaban J connectivity index is 2.19. The molecule has 0 aliphatic rings. The van der Waals surface area contributed by atoms with Crippen molar-refractivity contribution < 1.29 is 23.9 Å². The number of aromatic carboxylic acids is 1. The number of benzene rings is 1. The second-order valence-corrected chi connectivity index (χ2v) is 4.10. The van der Waals surface area contributed by atoms with Gasteiger partial charge in [0.25, 0.3) is 0 Å². The molecule has 0 atom stereocenters. The number of rotatable bonds is 6. The van der Waals surface area contributed by atoms with Crippen LogP contribution in [0.5, 0.6) is 11.5 Å². The van der Waals surface area contributed by atoms with Crippen LogP contribution in [0.15, 0.2) is 28.8 Å². The monoisotopic (exact) mass is 289 g/mol. The van der Waals surface area contributed by atoms with Gasteiger partial charge in [-0.05, 0) is 30.7 Å². The van der Waals surface area contributed by atoms with Crippen molar-refractivity contribution in [3.8, 4) is 11.5 Å². The lowest BCUT2D eigenvalue weighted by molar-refractivity contribution is 0.0685. The molecule has 0 fully saturated rings. The Kier molecular flexibility index (Phi) is 4.61. The van der Waals surface area contributed by atoms with Crippen LogP contribution in [0.25, 0.3) is 12.2 Å². The van der Waals surface area contributed by atoms with Gasteiger partial charge in [-0.3, -0.25) is 0 Å². The van der Waals surface area contributed by atoms with E-state index in [9.17, 15) is 4.79 Å². The molecule has 0 radical (unpaired) electrons. The Hall–Kier alpha value is -2.76. The Morgan fingerprint density at radius 3 is 2.76 bits per heavy atom. The normalized spacial score (nSPS) is 10.8. The van der Waals surface area contributed by atoms with E-state index in [1.54, 1.807) is 25.3 Å². The molecule has 0 amide bonds. The molecule has 0 saturated carbocycles. The smallest absolute Gasteiger partial charge is 0.358 e. The van der Waals surface area contributed by atoms with Crippen molar-refractivity contribution in [1.82, 2.24) is 5.16 Å². The highest BCUT2D eigenvalue weighted by Crippen LogP contribution is 2.28. The highest BCUT2D eigenvalue weighted by Gasteiger charge is 2.08. The Morgan fingerprint density at radius 2 is 2.14 bits per heavy atom. The number of nitrogens with zero attached hydrogens (tertiary/aromatic N) is 1. The summed E-state index contributed by atoms with van der Waals surface area (Å²) < 4.78 is 15.6. The maximum Gasteiger partial charge on any atom is 0.358 e. The minimum atomic E-state index is -1.12. The molecule has 1 N–H and O–H groups in total. The molecule has 1 aromatic heterocycles. The van der Waals surface area contributed by atoms with Crippen molar-refractivity contribution in [1.29, 1.82) is 0 Å². The average molecular weight is 289 g/mol. The van der Waals surface area contributed by atoms with Gasteiger partial charge in [0.1, 0.15) is 0 Å². The summed E-state index contributed by atoms with van der Waals surface area (Å²) in [5, 5.41) is 12.2. The van der Waals surface area contributed by atoms with E-state index in [1.165, 1.54) is 6.07 Å². The third kappa shape index (κ3) is 3.62. The van der Waals surface area contributed by atoms with Crippen LogP contribution in [-0.2, 0) is 0 Å². The first-order valence-corrected chi connectivity index (χ1v) is 6.33. The number of hydrogen-bond donors (Lipinski definition) is 1. The standard InChI is InChI=1S/C15H15NO5/c1-3-20-14-8-10(5-7-13(14)19-2)4-6-11-9-12(15(17)18)16-21-11/h4-9H,3H2,1-2H3,(H,17,18)/b6-4+. The van der Waals surface area contributed by atoms with E-state index in [1.807, 2.05) is 19.1 Å². The fraction of sp³-hybridized carbons (Fsp3) is 0.200. The summed E-state index contributed by atoms with van der Waals surface area (Å²) in [6, 6.07) is 6.83. The second kappa shape index (κ2) is 6.60. The van der Waals surface area contributed by atoms with Gasteiger partial charge >= 0.3 is 5.97 Å². The van der Waals surface area contributed by atoms with E-state index in [0.717, 1.165) is 5.56 Å². The van der Waals surface area contributed by atoms with Crippen LogP contribution < -0.4 is 9.47 Å². The fourth-order valence-corrected chi connectivity index (χ4v) is 1.71. The van der Waals surface area contributed by atoms with Gasteiger partial charge in [-0.15, -0.1) is 0 Å². The van der Waals surface area contributed by atoms with Crippen LogP contribution >= 0.6 is 0 Å². The quantitative estimate of drug-likeness (QED) is 0.880. The van der Waals surface area contributed by atoms with Gasteiger partial charge in [-0.1, -0.05) is 17.3 Å². The molecule has 110 valence electrons. The van der Waals surface area contributed by atoms with E-state index in [0.29, 0.717) is 23.9 Å². The Labute approximate surface area is 121 Å².